The molecule has 0 bridgehead atoms. The number of benzene rings is 2. The van der Waals surface area contributed by atoms with E-state index < -0.39 is 0 Å². The number of fused-ring (bicyclic) bond motifs is 1. The Bertz CT molecular complexity index is 568. The minimum absolute atomic E-state index is 0.0720. The monoisotopic (exact) mass is 267 g/mol. The third-order valence-electron chi connectivity index (χ3n) is 4.14. The quantitative estimate of drug-likeness (QED) is 0.920. The number of hydrogen-bond acceptors (Lipinski definition) is 2. The average Bonchev–Trinajstić information content (AvgIpc) is 2.91. The maximum Gasteiger partial charge on any atom is 0.119 e. The van der Waals surface area contributed by atoms with Crippen molar-refractivity contribution in [1.29, 1.82) is 0 Å². The van der Waals surface area contributed by atoms with Crippen LogP contribution in [0.2, 0.25) is 0 Å². The predicted molar refractivity (Wildman–Crippen MR) is 81.9 cm³/mol. The molecule has 20 heavy (non-hydrogen) atoms. The zero-order valence-electron chi connectivity index (χ0n) is 11.9. The minimum atomic E-state index is 0.0720. The Morgan fingerprint density at radius 1 is 1.10 bits per heavy atom. The second kappa shape index (κ2) is 5.68. The van der Waals surface area contributed by atoms with Gasteiger partial charge in [0.15, 0.2) is 0 Å². The van der Waals surface area contributed by atoms with Crippen LogP contribution in [-0.4, -0.2) is 6.61 Å². The van der Waals surface area contributed by atoms with Crippen LogP contribution in [-0.2, 0) is 12.8 Å². The number of rotatable bonds is 4. The van der Waals surface area contributed by atoms with Gasteiger partial charge in [0.05, 0.1) is 6.61 Å². The van der Waals surface area contributed by atoms with Gasteiger partial charge < -0.3 is 10.5 Å². The normalized spacial score (nSPS) is 15.9. The summed E-state index contributed by atoms with van der Waals surface area (Å²) in [6, 6.07) is 16.9. The van der Waals surface area contributed by atoms with Crippen LogP contribution in [0.5, 0.6) is 5.75 Å². The van der Waals surface area contributed by atoms with E-state index in [9.17, 15) is 0 Å². The second-order valence-corrected chi connectivity index (χ2v) is 5.47. The summed E-state index contributed by atoms with van der Waals surface area (Å²) in [5, 5.41) is 0. The molecule has 104 valence electrons. The van der Waals surface area contributed by atoms with E-state index in [1.807, 2.05) is 19.1 Å². The number of nitrogens with two attached hydrogens (primary N) is 1. The van der Waals surface area contributed by atoms with Gasteiger partial charge in [-0.2, -0.15) is 0 Å². The Morgan fingerprint density at radius 2 is 1.80 bits per heavy atom. The van der Waals surface area contributed by atoms with Crippen molar-refractivity contribution in [2.24, 2.45) is 11.7 Å². The maximum absolute atomic E-state index is 6.49. The van der Waals surface area contributed by atoms with Gasteiger partial charge in [0, 0.05) is 6.04 Å². The van der Waals surface area contributed by atoms with Crippen LogP contribution in [0.1, 0.15) is 29.7 Å². The largest absolute Gasteiger partial charge is 0.494 e. The van der Waals surface area contributed by atoms with E-state index in [4.69, 9.17) is 10.5 Å². The molecule has 0 fully saturated rings. The first-order valence-corrected chi connectivity index (χ1v) is 7.33. The van der Waals surface area contributed by atoms with Gasteiger partial charge >= 0.3 is 0 Å². The molecule has 0 amide bonds. The minimum Gasteiger partial charge on any atom is -0.494 e. The van der Waals surface area contributed by atoms with Crippen LogP contribution in [0.25, 0.3) is 0 Å². The first kappa shape index (κ1) is 13.2. The Morgan fingerprint density at radius 3 is 2.45 bits per heavy atom. The molecule has 0 spiro atoms. The van der Waals surface area contributed by atoms with Crippen LogP contribution in [0.15, 0.2) is 48.5 Å². The molecule has 2 aromatic carbocycles. The summed E-state index contributed by atoms with van der Waals surface area (Å²) in [4.78, 5) is 0. The molecule has 0 radical (unpaired) electrons. The van der Waals surface area contributed by atoms with E-state index in [2.05, 4.69) is 36.4 Å². The number of hydrogen-bond donors (Lipinski definition) is 1. The second-order valence-electron chi connectivity index (χ2n) is 5.47. The van der Waals surface area contributed by atoms with Crippen LogP contribution in [0.4, 0.5) is 0 Å². The zero-order chi connectivity index (χ0) is 13.9. The highest BCUT2D eigenvalue weighted by molar-refractivity contribution is 5.36. The highest BCUT2D eigenvalue weighted by atomic mass is 16.5. The Labute approximate surface area is 120 Å². The molecule has 0 aromatic heterocycles. The van der Waals surface area contributed by atoms with Gasteiger partial charge in [0.1, 0.15) is 5.75 Å². The van der Waals surface area contributed by atoms with Gasteiger partial charge in [-0.1, -0.05) is 36.4 Å². The molecule has 2 aromatic rings. The Balaban J connectivity index is 1.77. The summed E-state index contributed by atoms with van der Waals surface area (Å²) in [7, 11) is 0. The summed E-state index contributed by atoms with van der Waals surface area (Å²) in [6.07, 6.45) is 2.16. The molecule has 2 nitrogen and oxygen atoms in total. The van der Waals surface area contributed by atoms with Gasteiger partial charge in [-0.15, -0.1) is 0 Å². The molecule has 2 heteroatoms. The lowest BCUT2D eigenvalue weighted by Crippen LogP contribution is -2.21. The highest BCUT2D eigenvalue weighted by Gasteiger charge is 2.27. The Hall–Kier alpha value is -1.80. The lowest BCUT2D eigenvalue weighted by atomic mass is 9.91. The van der Waals surface area contributed by atoms with Gasteiger partial charge in [-0.25, -0.2) is 0 Å². The van der Waals surface area contributed by atoms with E-state index >= 15 is 0 Å². The van der Waals surface area contributed by atoms with Crippen molar-refractivity contribution in [2.45, 2.75) is 25.8 Å². The van der Waals surface area contributed by atoms with Crippen LogP contribution >= 0.6 is 0 Å². The van der Waals surface area contributed by atoms with E-state index in [1.165, 1.54) is 16.7 Å². The molecule has 1 unspecified atom stereocenters. The predicted octanol–water partition coefficient (Wildman–Crippen LogP) is 3.50. The van der Waals surface area contributed by atoms with Gasteiger partial charge in [0.2, 0.25) is 0 Å². The van der Waals surface area contributed by atoms with E-state index in [0.29, 0.717) is 12.5 Å². The first-order chi connectivity index (χ1) is 9.78. The molecule has 2 N–H and O–H groups in total. The molecule has 1 aliphatic rings. The molecular formula is C18H21NO. The van der Waals surface area contributed by atoms with Crippen LogP contribution < -0.4 is 10.5 Å². The smallest absolute Gasteiger partial charge is 0.119 e. The summed E-state index contributed by atoms with van der Waals surface area (Å²) >= 11 is 0. The van der Waals surface area contributed by atoms with E-state index in [-0.39, 0.29) is 6.04 Å². The van der Waals surface area contributed by atoms with Gasteiger partial charge in [0.25, 0.3) is 0 Å². The van der Waals surface area contributed by atoms with Crippen molar-refractivity contribution in [2.75, 3.05) is 6.61 Å². The molecule has 1 aliphatic carbocycles. The fourth-order valence-corrected chi connectivity index (χ4v) is 3.10. The van der Waals surface area contributed by atoms with Gasteiger partial charge in [-0.05, 0) is 54.5 Å². The van der Waals surface area contributed by atoms with Crippen molar-refractivity contribution in [3.63, 3.8) is 0 Å². The van der Waals surface area contributed by atoms with Crippen molar-refractivity contribution in [1.82, 2.24) is 0 Å². The Kier molecular flexibility index (Phi) is 3.75. The lowest BCUT2D eigenvalue weighted by molar-refractivity contribution is 0.339. The molecular weight excluding hydrogens is 246 g/mol. The molecule has 0 heterocycles. The SMILES string of the molecule is CCOc1cccc(C(N)C2Cc3ccccc3C2)c1. The van der Waals surface area contributed by atoms with Crippen molar-refractivity contribution >= 4 is 0 Å². The van der Waals surface area contributed by atoms with Crippen molar-refractivity contribution < 1.29 is 4.74 Å². The third kappa shape index (κ3) is 2.56. The molecule has 0 saturated heterocycles. The summed E-state index contributed by atoms with van der Waals surface area (Å²) < 4.78 is 5.57. The zero-order valence-corrected chi connectivity index (χ0v) is 11.9. The number of ether oxygens (including phenoxy) is 1. The molecule has 3 rings (SSSR count). The summed E-state index contributed by atoms with van der Waals surface area (Å²) in [6.45, 7) is 2.69. The maximum atomic E-state index is 6.49. The topological polar surface area (TPSA) is 35.2 Å². The highest BCUT2D eigenvalue weighted by Crippen LogP contribution is 2.34. The standard InChI is InChI=1S/C18H21NO/c1-2-20-17-9-5-8-15(12-17)18(19)16-10-13-6-3-4-7-14(13)11-16/h3-9,12,16,18H,2,10-11,19H2,1H3. The van der Waals surface area contributed by atoms with E-state index in [1.54, 1.807) is 0 Å². The molecule has 1 atom stereocenters. The fraction of sp³-hybridized carbons (Fsp3) is 0.333. The average molecular weight is 267 g/mol. The summed E-state index contributed by atoms with van der Waals surface area (Å²) in [5.41, 5.74) is 10.6. The van der Waals surface area contributed by atoms with Gasteiger partial charge in [-0.3, -0.25) is 0 Å². The molecule has 0 saturated carbocycles. The summed E-state index contributed by atoms with van der Waals surface area (Å²) in [5.74, 6) is 1.40. The third-order valence-corrected chi connectivity index (χ3v) is 4.14. The molecule has 0 aliphatic heterocycles. The van der Waals surface area contributed by atoms with Crippen LogP contribution in [0.3, 0.4) is 0 Å². The first-order valence-electron chi connectivity index (χ1n) is 7.33. The van der Waals surface area contributed by atoms with E-state index in [0.717, 1.165) is 18.6 Å². The fourth-order valence-electron chi connectivity index (χ4n) is 3.10. The van der Waals surface area contributed by atoms with Crippen molar-refractivity contribution in [3.05, 3.63) is 65.2 Å². The van der Waals surface area contributed by atoms with Crippen LogP contribution in [0, 0.1) is 5.92 Å². The van der Waals surface area contributed by atoms with Crippen molar-refractivity contribution in [3.8, 4) is 5.75 Å². The lowest BCUT2D eigenvalue weighted by Gasteiger charge is -2.20.